The van der Waals surface area contributed by atoms with Crippen molar-refractivity contribution in [3.05, 3.63) is 41.5 Å². The van der Waals surface area contributed by atoms with Crippen LogP contribution in [0.5, 0.6) is 0 Å². The highest BCUT2D eigenvalue weighted by Crippen LogP contribution is 2.47. The summed E-state index contributed by atoms with van der Waals surface area (Å²) >= 11 is 0. The molecule has 2 atom stereocenters. The summed E-state index contributed by atoms with van der Waals surface area (Å²) in [6, 6.07) is 8.98. The Labute approximate surface area is 106 Å². The third-order valence-corrected chi connectivity index (χ3v) is 4.99. The topological polar surface area (TPSA) is 54.4 Å². The van der Waals surface area contributed by atoms with Gasteiger partial charge in [-0.15, -0.1) is 0 Å². The van der Waals surface area contributed by atoms with Crippen LogP contribution in [-0.2, 0) is 10.1 Å². The third-order valence-electron chi connectivity index (χ3n) is 4.07. The maximum atomic E-state index is 11.4. The fourth-order valence-corrected chi connectivity index (χ4v) is 3.65. The van der Waals surface area contributed by atoms with Gasteiger partial charge in [0.1, 0.15) is 4.90 Å². The molecule has 1 aliphatic carbocycles. The lowest BCUT2D eigenvalue weighted by Crippen LogP contribution is -1.99. The van der Waals surface area contributed by atoms with Crippen LogP contribution in [0.4, 0.5) is 0 Å². The first-order valence-corrected chi connectivity index (χ1v) is 7.38. The van der Waals surface area contributed by atoms with Crippen LogP contribution < -0.4 is 0 Å². The van der Waals surface area contributed by atoms with E-state index in [1.54, 1.807) is 6.07 Å². The van der Waals surface area contributed by atoms with Crippen molar-refractivity contribution >= 4 is 20.9 Å². The van der Waals surface area contributed by atoms with Gasteiger partial charge < -0.3 is 0 Å². The van der Waals surface area contributed by atoms with Gasteiger partial charge in [0.15, 0.2) is 0 Å². The number of hydrogen-bond donors (Lipinski definition) is 1. The molecule has 2 aromatic rings. The molecule has 94 valence electrons. The van der Waals surface area contributed by atoms with Crippen LogP contribution in [0, 0.1) is 0 Å². The minimum absolute atomic E-state index is 0.00407. The van der Waals surface area contributed by atoms with Gasteiger partial charge in [0.25, 0.3) is 10.1 Å². The summed E-state index contributed by atoms with van der Waals surface area (Å²) in [7, 11) is -4.17. The van der Waals surface area contributed by atoms with Crippen molar-refractivity contribution in [2.75, 3.05) is 0 Å². The summed E-state index contributed by atoms with van der Waals surface area (Å²) in [5.41, 5.74) is 2.33. The molecule has 3 rings (SSSR count). The Morgan fingerprint density at radius 1 is 1.00 bits per heavy atom. The second kappa shape index (κ2) is 3.56. The quantitative estimate of drug-likeness (QED) is 0.802. The highest BCUT2D eigenvalue weighted by Gasteiger charge is 2.30. The lowest BCUT2D eigenvalue weighted by atomic mass is 9.94. The smallest absolute Gasteiger partial charge is 0.282 e. The van der Waals surface area contributed by atoms with Crippen LogP contribution >= 0.6 is 0 Å². The average Bonchev–Trinajstić information content (AvgIpc) is 2.56. The van der Waals surface area contributed by atoms with E-state index < -0.39 is 10.1 Å². The van der Waals surface area contributed by atoms with Crippen LogP contribution in [0.15, 0.2) is 35.2 Å². The molecule has 18 heavy (non-hydrogen) atoms. The monoisotopic (exact) mass is 262 g/mol. The molecule has 1 aliphatic rings. The van der Waals surface area contributed by atoms with Gasteiger partial charge in [-0.3, -0.25) is 4.55 Å². The molecule has 0 bridgehead atoms. The Kier molecular flexibility index (Phi) is 2.31. The molecule has 2 unspecified atom stereocenters. The van der Waals surface area contributed by atoms with Crippen LogP contribution in [-0.4, -0.2) is 13.0 Å². The van der Waals surface area contributed by atoms with Gasteiger partial charge in [-0.05, 0) is 34.4 Å². The van der Waals surface area contributed by atoms with E-state index in [1.165, 1.54) is 17.2 Å². The van der Waals surface area contributed by atoms with E-state index in [1.807, 2.05) is 18.2 Å². The molecule has 0 heterocycles. The van der Waals surface area contributed by atoms with Crippen molar-refractivity contribution < 1.29 is 13.0 Å². The second-order valence-corrected chi connectivity index (χ2v) is 6.37. The van der Waals surface area contributed by atoms with Gasteiger partial charge in [0.05, 0.1) is 0 Å². The number of benzene rings is 2. The van der Waals surface area contributed by atoms with Crippen molar-refractivity contribution in [3.63, 3.8) is 0 Å². The van der Waals surface area contributed by atoms with E-state index in [2.05, 4.69) is 13.8 Å². The van der Waals surface area contributed by atoms with Crippen molar-refractivity contribution in [1.82, 2.24) is 0 Å². The largest absolute Gasteiger partial charge is 0.295 e. The van der Waals surface area contributed by atoms with Gasteiger partial charge in [0, 0.05) is 5.39 Å². The maximum Gasteiger partial charge on any atom is 0.295 e. The Balaban J connectivity index is 2.50. The molecule has 2 aromatic carbocycles. The average molecular weight is 262 g/mol. The van der Waals surface area contributed by atoms with E-state index in [4.69, 9.17) is 0 Å². The first kappa shape index (κ1) is 11.7. The third kappa shape index (κ3) is 1.42. The van der Waals surface area contributed by atoms with Gasteiger partial charge >= 0.3 is 0 Å². The standard InChI is InChI=1S/C14H14O3S/c1-8-9(2)11-6-7-13(18(15,16)17)12-5-3-4-10(8)14(11)12/h3-9H,1-2H3,(H,15,16,17). The maximum absolute atomic E-state index is 11.4. The molecule has 0 spiro atoms. The summed E-state index contributed by atoms with van der Waals surface area (Å²) in [5.74, 6) is 0.751. The van der Waals surface area contributed by atoms with E-state index >= 15 is 0 Å². The zero-order valence-electron chi connectivity index (χ0n) is 10.2. The van der Waals surface area contributed by atoms with Crippen LogP contribution in [0.25, 0.3) is 10.8 Å². The van der Waals surface area contributed by atoms with Crippen molar-refractivity contribution in [1.29, 1.82) is 0 Å². The highest BCUT2D eigenvalue weighted by molar-refractivity contribution is 7.86. The molecular formula is C14H14O3S. The van der Waals surface area contributed by atoms with Crippen LogP contribution in [0.3, 0.4) is 0 Å². The predicted octanol–water partition coefficient (Wildman–Crippen LogP) is 3.31. The summed E-state index contributed by atoms with van der Waals surface area (Å²) in [4.78, 5) is 0.00407. The molecule has 1 N–H and O–H groups in total. The summed E-state index contributed by atoms with van der Waals surface area (Å²) in [6.07, 6.45) is 0. The second-order valence-electron chi connectivity index (χ2n) is 4.98. The van der Waals surface area contributed by atoms with Crippen molar-refractivity contribution in [3.8, 4) is 0 Å². The fourth-order valence-electron chi connectivity index (χ4n) is 2.96. The van der Waals surface area contributed by atoms with E-state index in [9.17, 15) is 13.0 Å². The van der Waals surface area contributed by atoms with Crippen LogP contribution in [0.2, 0.25) is 0 Å². The predicted molar refractivity (Wildman–Crippen MR) is 70.6 cm³/mol. The molecule has 0 amide bonds. The SMILES string of the molecule is CC1c2cccc3c(S(=O)(=O)O)ccc(c23)C1C. The molecule has 0 fully saturated rings. The zero-order valence-corrected chi connectivity index (χ0v) is 11.0. The highest BCUT2D eigenvalue weighted by atomic mass is 32.2. The van der Waals surface area contributed by atoms with E-state index in [0.29, 0.717) is 17.2 Å². The normalized spacial score (nSPS) is 22.6. The summed E-state index contributed by atoms with van der Waals surface area (Å²) in [6.45, 7) is 4.29. The molecule has 0 aliphatic heterocycles. The summed E-state index contributed by atoms with van der Waals surface area (Å²) < 4.78 is 32.1. The molecular weight excluding hydrogens is 248 g/mol. The Bertz CT molecular complexity index is 733. The first-order chi connectivity index (χ1) is 8.41. The van der Waals surface area contributed by atoms with E-state index in [0.717, 1.165) is 5.39 Å². The van der Waals surface area contributed by atoms with Gasteiger partial charge in [0.2, 0.25) is 0 Å². The Hall–Kier alpha value is -1.39. The number of hydrogen-bond acceptors (Lipinski definition) is 2. The molecule has 0 aromatic heterocycles. The first-order valence-electron chi connectivity index (χ1n) is 5.94. The minimum atomic E-state index is -4.17. The van der Waals surface area contributed by atoms with Gasteiger partial charge in [-0.1, -0.05) is 38.1 Å². The van der Waals surface area contributed by atoms with Crippen LogP contribution in [0.1, 0.15) is 36.8 Å². The Morgan fingerprint density at radius 3 is 2.22 bits per heavy atom. The lowest BCUT2D eigenvalue weighted by molar-refractivity contribution is 0.484. The minimum Gasteiger partial charge on any atom is -0.282 e. The van der Waals surface area contributed by atoms with Gasteiger partial charge in [-0.25, -0.2) is 0 Å². The Morgan fingerprint density at radius 2 is 1.61 bits per heavy atom. The van der Waals surface area contributed by atoms with Crippen molar-refractivity contribution in [2.45, 2.75) is 30.6 Å². The fraction of sp³-hybridized carbons (Fsp3) is 0.286. The zero-order chi connectivity index (χ0) is 13.1. The molecule has 0 saturated carbocycles. The summed E-state index contributed by atoms with van der Waals surface area (Å²) in [5, 5.41) is 1.62. The molecule has 0 radical (unpaired) electrons. The lowest BCUT2D eigenvalue weighted by Gasteiger charge is -2.10. The van der Waals surface area contributed by atoms with E-state index in [-0.39, 0.29) is 4.90 Å². The molecule has 3 nitrogen and oxygen atoms in total. The number of rotatable bonds is 1. The van der Waals surface area contributed by atoms with Gasteiger partial charge in [-0.2, -0.15) is 8.42 Å². The van der Waals surface area contributed by atoms with Crippen molar-refractivity contribution in [2.24, 2.45) is 0 Å². The molecule has 4 heteroatoms. The molecule has 0 saturated heterocycles.